The van der Waals surface area contributed by atoms with E-state index in [9.17, 15) is 9.18 Å². The number of benzene rings is 1. The first-order chi connectivity index (χ1) is 11.9. The summed E-state index contributed by atoms with van der Waals surface area (Å²) >= 11 is 0. The lowest BCUT2D eigenvalue weighted by Crippen LogP contribution is -2.41. The molecule has 0 N–H and O–H groups in total. The van der Waals surface area contributed by atoms with Gasteiger partial charge in [-0.3, -0.25) is 9.69 Å². The zero-order valence-electron chi connectivity index (χ0n) is 15.3. The summed E-state index contributed by atoms with van der Waals surface area (Å²) < 4.78 is 25.2. The van der Waals surface area contributed by atoms with Crippen LogP contribution in [0.3, 0.4) is 0 Å². The number of nitrogens with zero attached hydrogens (tertiary/aromatic N) is 2. The van der Waals surface area contributed by atoms with E-state index in [-0.39, 0.29) is 23.2 Å². The van der Waals surface area contributed by atoms with Crippen molar-refractivity contribution < 1.29 is 18.7 Å². The first-order valence-electron chi connectivity index (χ1n) is 8.84. The first-order valence-corrected chi connectivity index (χ1v) is 8.84. The summed E-state index contributed by atoms with van der Waals surface area (Å²) in [6.07, 6.45) is 0.507. The van der Waals surface area contributed by atoms with Crippen molar-refractivity contribution in [1.29, 1.82) is 0 Å². The van der Waals surface area contributed by atoms with Gasteiger partial charge in [0, 0.05) is 55.7 Å². The second-order valence-corrected chi connectivity index (χ2v) is 7.51. The number of rotatable bonds is 4. The average Bonchev–Trinajstić information content (AvgIpc) is 2.77. The number of halogens is 1. The lowest BCUT2D eigenvalue weighted by Gasteiger charge is -2.32. The van der Waals surface area contributed by atoms with Crippen LogP contribution in [0, 0.1) is 11.2 Å². The minimum atomic E-state index is -0.259. The molecule has 138 valence electrons. The molecule has 1 aromatic carbocycles. The van der Waals surface area contributed by atoms with Gasteiger partial charge in [0.25, 0.3) is 0 Å². The van der Waals surface area contributed by atoms with Gasteiger partial charge in [-0.05, 0) is 19.9 Å². The molecule has 3 rings (SSSR count). The summed E-state index contributed by atoms with van der Waals surface area (Å²) in [5, 5.41) is 0. The smallest absolute Gasteiger partial charge is 0.223 e. The fraction of sp³-hybridized carbons (Fsp3) is 0.632. The predicted molar refractivity (Wildman–Crippen MR) is 92.9 cm³/mol. The summed E-state index contributed by atoms with van der Waals surface area (Å²) in [5.74, 6) is 0.451. The highest BCUT2D eigenvalue weighted by molar-refractivity contribution is 5.79. The van der Waals surface area contributed by atoms with Crippen LogP contribution in [0.4, 0.5) is 4.39 Å². The molecule has 1 amide bonds. The summed E-state index contributed by atoms with van der Waals surface area (Å²) in [6.45, 7) is 7.98. The summed E-state index contributed by atoms with van der Waals surface area (Å²) in [4.78, 5) is 16.5. The number of hydrogen-bond acceptors (Lipinski definition) is 4. The fourth-order valence-corrected chi connectivity index (χ4v) is 3.84. The van der Waals surface area contributed by atoms with Gasteiger partial charge in [-0.1, -0.05) is 6.07 Å². The van der Waals surface area contributed by atoms with Crippen LogP contribution in [0.15, 0.2) is 18.2 Å². The van der Waals surface area contributed by atoms with Crippen molar-refractivity contribution in [2.24, 2.45) is 5.41 Å². The number of likely N-dealkylation sites (tertiary alicyclic amines) is 1. The molecule has 2 aliphatic rings. The number of ether oxygens (including phenoxy) is 2. The van der Waals surface area contributed by atoms with Crippen LogP contribution in [0.2, 0.25) is 0 Å². The number of hydrogen-bond donors (Lipinski definition) is 0. The van der Waals surface area contributed by atoms with Gasteiger partial charge in [-0.25, -0.2) is 4.39 Å². The van der Waals surface area contributed by atoms with Crippen LogP contribution in [-0.4, -0.2) is 61.7 Å². The topological polar surface area (TPSA) is 42.0 Å². The van der Waals surface area contributed by atoms with E-state index in [0.29, 0.717) is 44.0 Å². The van der Waals surface area contributed by atoms with E-state index in [1.54, 1.807) is 12.1 Å². The van der Waals surface area contributed by atoms with Crippen molar-refractivity contribution in [2.45, 2.75) is 32.9 Å². The van der Waals surface area contributed by atoms with Gasteiger partial charge in [0.15, 0.2) is 0 Å². The van der Waals surface area contributed by atoms with Gasteiger partial charge in [0.1, 0.15) is 11.6 Å². The van der Waals surface area contributed by atoms with E-state index < -0.39 is 0 Å². The van der Waals surface area contributed by atoms with Crippen LogP contribution >= 0.6 is 0 Å². The Labute approximate surface area is 148 Å². The van der Waals surface area contributed by atoms with Gasteiger partial charge in [0.05, 0.1) is 20.3 Å². The van der Waals surface area contributed by atoms with E-state index in [2.05, 4.69) is 4.90 Å². The maximum Gasteiger partial charge on any atom is 0.223 e. The molecule has 5 nitrogen and oxygen atoms in total. The van der Waals surface area contributed by atoms with Crippen LogP contribution in [-0.2, 0) is 16.1 Å². The van der Waals surface area contributed by atoms with Gasteiger partial charge in [-0.2, -0.15) is 0 Å². The molecule has 1 aromatic rings. The fourth-order valence-electron chi connectivity index (χ4n) is 3.84. The molecule has 0 unspecified atom stereocenters. The number of amides is 1. The van der Waals surface area contributed by atoms with Gasteiger partial charge in [0.2, 0.25) is 5.91 Å². The number of methoxy groups -OCH3 is 1. The van der Waals surface area contributed by atoms with Gasteiger partial charge >= 0.3 is 0 Å². The highest BCUT2D eigenvalue weighted by atomic mass is 19.1. The molecular weight excluding hydrogens is 323 g/mol. The molecule has 0 aliphatic carbocycles. The predicted octanol–water partition coefficient (Wildman–Crippen LogP) is 2.29. The van der Waals surface area contributed by atoms with Crippen LogP contribution in [0.25, 0.3) is 0 Å². The van der Waals surface area contributed by atoms with E-state index in [1.165, 1.54) is 13.2 Å². The SMILES string of the molecule is COc1ccc(CN2CCOC[C@]3(CC(=O)N(C(C)C)C3)C2)c(F)c1. The first kappa shape index (κ1) is 18.1. The molecule has 25 heavy (non-hydrogen) atoms. The Bertz CT molecular complexity index is 637. The lowest BCUT2D eigenvalue weighted by atomic mass is 9.87. The number of carbonyl (C=O) groups excluding carboxylic acids is 1. The Balaban J connectivity index is 1.74. The third-order valence-electron chi connectivity index (χ3n) is 5.15. The Morgan fingerprint density at radius 1 is 1.36 bits per heavy atom. The Morgan fingerprint density at radius 2 is 2.16 bits per heavy atom. The van der Waals surface area contributed by atoms with Crippen LogP contribution in [0.1, 0.15) is 25.8 Å². The zero-order valence-corrected chi connectivity index (χ0v) is 15.3. The summed E-state index contributed by atoms with van der Waals surface area (Å²) in [5.41, 5.74) is 0.448. The molecule has 0 radical (unpaired) electrons. The third-order valence-corrected chi connectivity index (χ3v) is 5.15. The molecule has 1 atom stereocenters. The third kappa shape index (κ3) is 3.96. The zero-order chi connectivity index (χ0) is 18.0. The van der Waals surface area contributed by atoms with Crippen molar-refractivity contribution in [3.63, 3.8) is 0 Å². The molecule has 2 fully saturated rings. The largest absolute Gasteiger partial charge is 0.497 e. The minimum Gasteiger partial charge on any atom is -0.497 e. The lowest BCUT2D eigenvalue weighted by molar-refractivity contribution is -0.129. The van der Waals surface area contributed by atoms with Gasteiger partial charge < -0.3 is 14.4 Å². The Hall–Kier alpha value is -1.66. The normalized spacial score (nSPS) is 25.0. The molecule has 2 aliphatic heterocycles. The van der Waals surface area contributed by atoms with E-state index in [1.807, 2.05) is 18.7 Å². The number of carbonyl (C=O) groups is 1. The summed E-state index contributed by atoms with van der Waals surface area (Å²) in [7, 11) is 1.53. The van der Waals surface area contributed by atoms with Crippen LogP contribution in [0.5, 0.6) is 5.75 Å². The second kappa shape index (κ2) is 7.30. The molecule has 6 heteroatoms. The van der Waals surface area contributed by atoms with E-state index in [4.69, 9.17) is 9.47 Å². The van der Waals surface area contributed by atoms with Crippen molar-refractivity contribution in [3.05, 3.63) is 29.6 Å². The van der Waals surface area contributed by atoms with Crippen LogP contribution < -0.4 is 4.74 Å². The van der Waals surface area contributed by atoms with Crippen molar-refractivity contribution >= 4 is 5.91 Å². The minimum absolute atomic E-state index is 0.191. The quantitative estimate of drug-likeness (QED) is 0.836. The Kier molecular flexibility index (Phi) is 5.29. The second-order valence-electron chi connectivity index (χ2n) is 7.51. The van der Waals surface area contributed by atoms with E-state index in [0.717, 1.165) is 13.1 Å². The molecule has 0 bridgehead atoms. The molecule has 0 saturated carbocycles. The maximum absolute atomic E-state index is 14.3. The average molecular weight is 350 g/mol. The van der Waals surface area contributed by atoms with Crippen molar-refractivity contribution in [1.82, 2.24) is 9.80 Å². The highest BCUT2D eigenvalue weighted by Crippen LogP contribution is 2.35. The van der Waals surface area contributed by atoms with Crippen molar-refractivity contribution in [3.8, 4) is 5.75 Å². The molecule has 2 saturated heterocycles. The molecule has 2 heterocycles. The molecule has 1 spiro atoms. The highest BCUT2D eigenvalue weighted by Gasteiger charge is 2.46. The molecule has 0 aromatic heterocycles. The van der Waals surface area contributed by atoms with Crippen molar-refractivity contribution in [2.75, 3.05) is 40.0 Å². The van der Waals surface area contributed by atoms with Gasteiger partial charge in [-0.15, -0.1) is 0 Å². The van der Waals surface area contributed by atoms with E-state index >= 15 is 0 Å². The standard InChI is InChI=1S/C19H27FN2O3/c1-14(2)22-12-19(9-18(22)23)11-21(6-7-25-13-19)10-15-4-5-16(24-3)8-17(15)20/h4-5,8,14H,6-7,9-13H2,1-3H3/t19-/m1/s1. The summed E-state index contributed by atoms with van der Waals surface area (Å²) in [6, 6.07) is 5.16. The Morgan fingerprint density at radius 3 is 2.80 bits per heavy atom. The molecular formula is C19H27FN2O3. The maximum atomic E-state index is 14.3. The monoisotopic (exact) mass is 350 g/mol.